The van der Waals surface area contributed by atoms with Gasteiger partial charge in [-0.15, -0.1) is 0 Å². The summed E-state index contributed by atoms with van der Waals surface area (Å²) in [6, 6.07) is 14.0. The molecule has 130 valence electrons. The van der Waals surface area contributed by atoms with Gasteiger partial charge in [-0.3, -0.25) is 4.90 Å². The van der Waals surface area contributed by atoms with Crippen LogP contribution in [0.2, 0.25) is 0 Å². The average molecular weight is 340 g/mol. The molecule has 1 aromatic heterocycles. The Kier molecular flexibility index (Phi) is 4.65. The quantitative estimate of drug-likeness (QED) is 0.697. The maximum atomic E-state index is 12.9. The van der Waals surface area contributed by atoms with Crippen molar-refractivity contribution in [2.45, 2.75) is 18.8 Å². The molecular weight excluding hydrogens is 319 g/mol. The largest absolute Gasteiger partial charge is 0.492 e. The van der Waals surface area contributed by atoms with Crippen molar-refractivity contribution in [3.05, 3.63) is 60.2 Å². The number of fused-ring (bicyclic) bond motifs is 1. The molecule has 0 N–H and O–H groups in total. The van der Waals surface area contributed by atoms with Gasteiger partial charge in [0.05, 0.1) is 0 Å². The Bertz CT molecular complexity index is 798. The Morgan fingerprint density at radius 1 is 1.16 bits per heavy atom. The first-order chi connectivity index (χ1) is 12.3. The first-order valence-electron chi connectivity index (χ1n) is 8.74. The molecule has 0 saturated carbocycles. The van der Waals surface area contributed by atoms with Crippen molar-refractivity contribution < 1.29 is 13.5 Å². The molecule has 2 heterocycles. The van der Waals surface area contributed by atoms with Gasteiger partial charge in [0.25, 0.3) is 0 Å². The molecule has 1 saturated heterocycles. The predicted octanol–water partition coefficient (Wildman–Crippen LogP) is 4.23. The number of aromatic nitrogens is 1. The minimum atomic E-state index is -0.246. The van der Waals surface area contributed by atoms with Gasteiger partial charge in [0.15, 0.2) is 11.5 Å². The minimum Gasteiger partial charge on any atom is -0.492 e. The van der Waals surface area contributed by atoms with E-state index in [0.29, 0.717) is 18.3 Å². The highest BCUT2D eigenvalue weighted by Gasteiger charge is 2.25. The first kappa shape index (κ1) is 16.1. The third-order valence-corrected chi connectivity index (χ3v) is 4.66. The van der Waals surface area contributed by atoms with Crippen molar-refractivity contribution in [1.82, 2.24) is 9.88 Å². The molecule has 5 heteroatoms. The third kappa shape index (κ3) is 3.82. The van der Waals surface area contributed by atoms with E-state index in [4.69, 9.17) is 9.15 Å². The van der Waals surface area contributed by atoms with E-state index >= 15 is 0 Å². The number of benzene rings is 2. The average Bonchev–Trinajstić information content (AvgIpc) is 3.08. The highest BCUT2D eigenvalue weighted by molar-refractivity contribution is 5.72. The smallest absolute Gasteiger partial charge is 0.199 e. The van der Waals surface area contributed by atoms with E-state index in [2.05, 4.69) is 9.88 Å². The van der Waals surface area contributed by atoms with Crippen molar-refractivity contribution in [2.75, 3.05) is 26.2 Å². The van der Waals surface area contributed by atoms with Crippen LogP contribution in [0, 0.1) is 5.82 Å². The van der Waals surface area contributed by atoms with Crippen molar-refractivity contribution in [3.63, 3.8) is 0 Å². The normalized spacial score (nSPS) is 18.5. The van der Waals surface area contributed by atoms with Crippen LogP contribution in [0.15, 0.2) is 52.9 Å². The molecule has 1 aliphatic rings. The highest BCUT2D eigenvalue weighted by atomic mass is 19.1. The van der Waals surface area contributed by atoms with Gasteiger partial charge in [-0.25, -0.2) is 9.37 Å². The second-order valence-corrected chi connectivity index (χ2v) is 6.46. The molecular formula is C20H21FN2O2. The Hall–Kier alpha value is -2.40. The topological polar surface area (TPSA) is 38.5 Å². The van der Waals surface area contributed by atoms with E-state index in [1.54, 1.807) is 12.1 Å². The minimum absolute atomic E-state index is 0.246. The van der Waals surface area contributed by atoms with Crippen LogP contribution < -0.4 is 4.74 Å². The maximum absolute atomic E-state index is 12.9. The second-order valence-electron chi connectivity index (χ2n) is 6.46. The molecule has 3 aromatic rings. The number of rotatable bonds is 5. The molecule has 0 radical (unpaired) electrons. The Morgan fingerprint density at radius 2 is 2.00 bits per heavy atom. The van der Waals surface area contributed by atoms with Gasteiger partial charge in [0, 0.05) is 19.0 Å². The number of piperidine rings is 1. The molecule has 4 rings (SSSR count). The number of oxazole rings is 1. The van der Waals surface area contributed by atoms with E-state index in [1.807, 2.05) is 24.3 Å². The van der Waals surface area contributed by atoms with Crippen LogP contribution >= 0.6 is 0 Å². The maximum Gasteiger partial charge on any atom is 0.199 e. The zero-order valence-corrected chi connectivity index (χ0v) is 14.0. The summed E-state index contributed by atoms with van der Waals surface area (Å²) in [6.45, 7) is 3.42. The zero-order chi connectivity index (χ0) is 17.1. The molecule has 0 aliphatic carbocycles. The molecule has 1 unspecified atom stereocenters. The summed E-state index contributed by atoms with van der Waals surface area (Å²) < 4.78 is 24.5. The number of halogens is 1. The molecule has 1 atom stereocenters. The summed E-state index contributed by atoms with van der Waals surface area (Å²) in [6.07, 6.45) is 2.22. The summed E-state index contributed by atoms with van der Waals surface area (Å²) in [5.41, 5.74) is 1.78. The van der Waals surface area contributed by atoms with Gasteiger partial charge in [-0.05, 0) is 55.8 Å². The first-order valence-corrected chi connectivity index (χ1v) is 8.74. The lowest BCUT2D eigenvalue weighted by molar-refractivity contribution is 0.162. The summed E-state index contributed by atoms with van der Waals surface area (Å²) in [5, 5.41) is 0. The fourth-order valence-corrected chi connectivity index (χ4v) is 3.35. The van der Waals surface area contributed by atoms with Crippen molar-refractivity contribution in [3.8, 4) is 5.75 Å². The molecule has 4 nitrogen and oxygen atoms in total. The van der Waals surface area contributed by atoms with Crippen LogP contribution in [-0.2, 0) is 0 Å². The molecule has 25 heavy (non-hydrogen) atoms. The number of ether oxygens (including phenoxy) is 1. The molecule has 0 bridgehead atoms. The van der Waals surface area contributed by atoms with Crippen LogP contribution in [0.25, 0.3) is 11.1 Å². The zero-order valence-electron chi connectivity index (χ0n) is 14.0. The summed E-state index contributed by atoms with van der Waals surface area (Å²) in [4.78, 5) is 7.03. The Balaban J connectivity index is 1.33. The lowest BCUT2D eigenvalue weighted by Crippen LogP contribution is -2.37. The van der Waals surface area contributed by atoms with Crippen molar-refractivity contribution >= 4 is 11.1 Å². The lowest BCUT2D eigenvalue weighted by Gasteiger charge is -2.31. The Morgan fingerprint density at radius 3 is 2.84 bits per heavy atom. The SMILES string of the molecule is Fc1ccc(OCCN2CCCC(c3nc4ccccc4o3)C2)cc1. The number of likely N-dealkylation sites (tertiary alicyclic amines) is 1. The monoisotopic (exact) mass is 340 g/mol. The molecule has 1 fully saturated rings. The van der Waals surface area contributed by atoms with Gasteiger partial charge in [0.1, 0.15) is 23.7 Å². The van der Waals surface area contributed by atoms with Crippen molar-refractivity contribution in [1.29, 1.82) is 0 Å². The number of nitrogens with zero attached hydrogens (tertiary/aromatic N) is 2. The molecule has 1 aliphatic heterocycles. The van der Waals surface area contributed by atoms with E-state index in [0.717, 1.165) is 49.5 Å². The second kappa shape index (κ2) is 7.23. The molecule has 0 amide bonds. The van der Waals surface area contributed by atoms with E-state index < -0.39 is 0 Å². The summed E-state index contributed by atoms with van der Waals surface area (Å²) in [7, 11) is 0. The fourth-order valence-electron chi connectivity index (χ4n) is 3.35. The van der Waals surface area contributed by atoms with Crippen molar-refractivity contribution in [2.24, 2.45) is 0 Å². The fraction of sp³-hybridized carbons (Fsp3) is 0.350. The summed E-state index contributed by atoms with van der Waals surface area (Å²) in [5.74, 6) is 1.62. The van der Waals surface area contributed by atoms with Gasteiger partial charge in [0.2, 0.25) is 0 Å². The van der Waals surface area contributed by atoms with Gasteiger partial charge >= 0.3 is 0 Å². The summed E-state index contributed by atoms with van der Waals surface area (Å²) >= 11 is 0. The third-order valence-electron chi connectivity index (χ3n) is 4.66. The van der Waals surface area contributed by atoms with Crippen LogP contribution in [-0.4, -0.2) is 36.1 Å². The highest BCUT2D eigenvalue weighted by Crippen LogP contribution is 2.28. The van der Waals surface area contributed by atoms with Crippen LogP contribution in [0.5, 0.6) is 5.75 Å². The molecule has 0 spiro atoms. The van der Waals surface area contributed by atoms with Gasteiger partial charge < -0.3 is 9.15 Å². The Labute approximate surface area is 146 Å². The molecule has 2 aromatic carbocycles. The van der Waals surface area contributed by atoms with E-state index in [1.165, 1.54) is 12.1 Å². The lowest BCUT2D eigenvalue weighted by atomic mass is 9.98. The predicted molar refractivity (Wildman–Crippen MR) is 94.3 cm³/mol. The van der Waals surface area contributed by atoms with E-state index in [-0.39, 0.29) is 5.82 Å². The van der Waals surface area contributed by atoms with Crippen LogP contribution in [0.1, 0.15) is 24.7 Å². The number of hydrogen-bond acceptors (Lipinski definition) is 4. The number of hydrogen-bond donors (Lipinski definition) is 0. The standard InChI is InChI=1S/C20H21FN2O2/c21-16-7-9-17(10-8-16)24-13-12-23-11-3-4-15(14-23)20-22-18-5-1-2-6-19(18)25-20/h1-2,5-10,15H,3-4,11-14H2. The van der Waals surface area contributed by atoms with Gasteiger partial charge in [-0.2, -0.15) is 0 Å². The van der Waals surface area contributed by atoms with Crippen LogP contribution in [0.3, 0.4) is 0 Å². The van der Waals surface area contributed by atoms with E-state index in [9.17, 15) is 4.39 Å². The number of para-hydroxylation sites is 2. The van der Waals surface area contributed by atoms with Gasteiger partial charge in [-0.1, -0.05) is 12.1 Å². The van der Waals surface area contributed by atoms with Crippen LogP contribution in [0.4, 0.5) is 4.39 Å².